The first-order chi connectivity index (χ1) is 8.25. The predicted octanol–water partition coefficient (Wildman–Crippen LogP) is 0.478. The zero-order chi connectivity index (χ0) is 12.1. The Kier molecular flexibility index (Phi) is 4.50. The third-order valence-electron chi connectivity index (χ3n) is 3.45. The van der Waals surface area contributed by atoms with Gasteiger partial charge in [-0.2, -0.15) is 0 Å². The Morgan fingerprint density at radius 2 is 2.53 bits per heavy atom. The minimum atomic E-state index is 0.568. The third-order valence-corrected chi connectivity index (χ3v) is 3.45. The van der Waals surface area contributed by atoms with E-state index in [0.29, 0.717) is 12.1 Å². The molecule has 2 unspecified atom stereocenters. The molecule has 2 atom stereocenters. The first-order valence-corrected chi connectivity index (χ1v) is 6.55. The van der Waals surface area contributed by atoms with E-state index in [1.807, 2.05) is 11.6 Å². The third kappa shape index (κ3) is 3.78. The lowest BCUT2D eigenvalue weighted by atomic mass is 10.1. The van der Waals surface area contributed by atoms with Gasteiger partial charge in [0.1, 0.15) is 12.2 Å². The fraction of sp³-hybridized carbons (Fsp3) is 0.833. The summed E-state index contributed by atoms with van der Waals surface area (Å²) in [4.78, 5) is 0. The van der Waals surface area contributed by atoms with Gasteiger partial charge in [-0.15, -0.1) is 10.2 Å². The van der Waals surface area contributed by atoms with Crippen LogP contribution in [0, 0.1) is 0 Å². The van der Waals surface area contributed by atoms with Gasteiger partial charge in [0, 0.05) is 32.1 Å². The molecule has 1 fully saturated rings. The molecular formula is C12H23N5. The molecule has 0 saturated carbocycles. The molecule has 96 valence electrons. The highest BCUT2D eigenvalue weighted by molar-refractivity contribution is 4.86. The van der Waals surface area contributed by atoms with E-state index in [9.17, 15) is 0 Å². The van der Waals surface area contributed by atoms with Crippen LogP contribution in [0.4, 0.5) is 0 Å². The van der Waals surface area contributed by atoms with Gasteiger partial charge in [-0.05, 0) is 32.7 Å². The van der Waals surface area contributed by atoms with Gasteiger partial charge in [0.05, 0.1) is 0 Å². The summed E-state index contributed by atoms with van der Waals surface area (Å²) in [5.41, 5.74) is 0. The molecule has 0 spiro atoms. The summed E-state index contributed by atoms with van der Waals surface area (Å²) in [7, 11) is 1.99. The molecule has 1 aliphatic heterocycles. The average molecular weight is 237 g/mol. The second-order valence-electron chi connectivity index (χ2n) is 4.99. The highest BCUT2D eigenvalue weighted by atomic mass is 15.2. The molecule has 5 nitrogen and oxygen atoms in total. The molecule has 2 rings (SSSR count). The maximum atomic E-state index is 4.08. The van der Waals surface area contributed by atoms with E-state index in [2.05, 4.69) is 27.8 Å². The summed E-state index contributed by atoms with van der Waals surface area (Å²) in [6.45, 7) is 4.42. The molecular weight excluding hydrogens is 214 g/mol. The number of hydrogen-bond acceptors (Lipinski definition) is 4. The van der Waals surface area contributed by atoms with Crippen LogP contribution in [0.15, 0.2) is 6.33 Å². The number of hydrogen-bond donors (Lipinski definition) is 2. The Bertz CT molecular complexity index is 329. The van der Waals surface area contributed by atoms with E-state index < -0.39 is 0 Å². The van der Waals surface area contributed by atoms with Gasteiger partial charge >= 0.3 is 0 Å². The Balaban J connectivity index is 1.62. The molecule has 0 aromatic carbocycles. The van der Waals surface area contributed by atoms with E-state index in [-0.39, 0.29) is 0 Å². The van der Waals surface area contributed by atoms with Crippen LogP contribution < -0.4 is 10.6 Å². The smallest absolute Gasteiger partial charge is 0.133 e. The van der Waals surface area contributed by atoms with Crippen molar-refractivity contribution in [3.05, 3.63) is 12.2 Å². The fourth-order valence-electron chi connectivity index (χ4n) is 2.43. The van der Waals surface area contributed by atoms with Crippen LogP contribution in [0.1, 0.15) is 32.0 Å². The van der Waals surface area contributed by atoms with Crippen molar-refractivity contribution in [1.29, 1.82) is 0 Å². The topological polar surface area (TPSA) is 54.8 Å². The maximum Gasteiger partial charge on any atom is 0.133 e. The molecule has 2 heterocycles. The molecule has 1 aromatic heterocycles. The van der Waals surface area contributed by atoms with E-state index in [1.54, 1.807) is 6.33 Å². The lowest BCUT2D eigenvalue weighted by Crippen LogP contribution is -2.35. The highest BCUT2D eigenvalue weighted by Gasteiger charge is 2.16. The number of aromatic nitrogens is 3. The first-order valence-electron chi connectivity index (χ1n) is 6.55. The van der Waals surface area contributed by atoms with Crippen molar-refractivity contribution >= 4 is 0 Å². The molecule has 0 amide bonds. The van der Waals surface area contributed by atoms with E-state index in [1.165, 1.54) is 25.8 Å². The largest absolute Gasteiger partial charge is 0.321 e. The summed E-state index contributed by atoms with van der Waals surface area (Å²) in [5, 5.41) is 15.0. The first kappa shape index (κ1) is 12.5. The van der Waals surface area contributed by atoms with Crippen LogP contribution in [0.2, 0.25) is 0 Å². The Hall–Kier alpha value is -0.940. The van der Waals surface area contributed by atoms with Crippen molar-refractivity contribution in [2.45, 2.75) is 44.7 Å². The normalized spacial score (nSPS) is 21.9. The van der Waals surface area contributed by atoms with Crippen molar-refractivity contribution < 1.29 is 0 Å². The molecule has 1 aliphatic rings. The summed E-state index contributed by atoms with van der Waals surface area (Å²) in [6.07, 6.45) is 6.57. The lowest BCUT2D eigenvalue weighted by Gasteiger charge is -2.18. The van der Waals surface area contributed by atoms with Crippen LogP contribution in [0.25, 0.3) is 0 Å². The van der Waals surface area contributed by atoms with Crippen molar-refractivity contribution in [3.8, 4) is 0 Å². The predicted molar refractivity (Wildman–Crippen MR) is 67.8 cm³/mol. The SMILES string of the molecule is CC(CC1CCCN1)NCCc1nncn1C. The summed E-state index contributed by atoms with van der Waals surface area (Å²) in [6, 6.07) is 1.28. The van der Waals surface area contributed by atoms with E-state index in [4.69, 9.17) is 0 Å². The lowest BCUT2D eigenvalue weighted by molar-refractivity contribution is 0.440. The highest BCUT2D eigenvalue weighted by Crippen LogP contribution is 2.10. The van der Waals surface area contributed by atoms with Crippen molar-refractivity contribution in [2.75, 3.05) is 13.1 Å². The fourth-order valence-corrected chi connectivity index (χ4v) is 2.43. The van der Waals surface area contributed by atoms with E-state index >= 15 is 0 Å². The zero-order valence-corrected chi connectivity index (χ0v) is 10.8. The Labute approximate surface area is 103 Å². The van der Waals surface area contributed by atoms with Crippen LogP contribution in [0.5, 0.6) is 0 Å². The molecule has 0 radical (unpaired) electrons. The monoisotopic (exact) mass is 237 g/mol. The number of aryl methyl sites for hydroxylation is 1. The average Bonchev–Trinajstić information content (AvgIpc) is 2.91. The van der Waals surface area contributed by atoms with Crippen molar-refractivity contribution in [1.82, 2.24) is 25.4 Å². The zero-order valence-electron chi connectivity index (χ0n) is 10.8. The number of nitrogens with zero attached hydrogens (tertiary/aromatic N) is 3. The van der Waals surface area contributed by atoms with Gasteiger partial charge in [-0.1, -0.05) is 0 Å². The summed E-state index contributed by atoms with van der Waals surface area (Å²) in [5.74, 6) is 1.05. The molecule has 0 bridgehead atoms. The Morgan fingerprint density at radius 3 is 3.18 bits per heavy atom. The van der Waals surface area contributed by atoms with Crippen LogP contribution in [-0.4, -0.2) is 39.9 Å². The number of nitrogens with one attached hydrogen (secondary N) is 2. The van der Waals surface area contributed by atoms with Gasteiger partial charge < -0.3 is 15.2 Å². The Morgan fingerprint density at radius 1 is 1.65 bits per heavy atom. The van der Waals surface area contributed by atoms with Crippen molar-refractivity contribution in [2.24, 2.45) is 7.05 Å². The summed E-state index contributed by atoms with van der Waals surface area (Å²) >= 11 is 0. The van der Waals surface area contributed by atoms with Crippen LogP contribution >= 0.6 is 0 Å². The van der Waals surface area contributed by atoms with Gasteiger partial charge in [0.2, 0.25) is 0 Å². The van der Waals surface area contributed by atoms with E-state index in [0.717, 1.165) is 18.8 Å². The minimum absolute atomic E-state index is 0.568. The second kappa shape index (κ2) is 6.12. The maximum absolute atomic E-state index is 4.08. The van der Waals surface area contributed by atoms with Gasteiger partial charge in [-0.3, -0.25) is 0 Å². The minimum Gasteiger partial charge on any atom is -0.321 e. The van der Waals surface area contributed by atoms with Gasteiger partial charge in [0.15, 0.2) is 0 Å². The van der Waals surface area contributed by atoms with Crippen LogP contribution in [-0.2, 0) is 13.5 Å². The molecule has 17 heavy (non-hydrogen) atoms. The molecule has 0 aliphatic carbocycles. The molecule has 2 N–H and O–H groups in total. The second-order valence-corrected chi connectivity index (χ2v) is 4.99. The number of rotatable bonds is 6. The van der Waals surface area contributed by atoms with Crippen molar-refractivity contribution in [3.63, 3.8) is 0 Å². The summed E-state index contributed by atoms with van der Waals surface area (Å²) < 4.78 is 1.98. The molecule has 5 heteroatoms. The quantitative estimate of drug-likeness (QED) is 0.755. The van der Waals surface area contributed by atoms with Crippen LogP contribution in [0.3, 0.4) is 0 Å². The van der Waals surface area contributed by atoms with Gasteiger partial charge in [0.25, 0.3) is 0 Å². The standard InChI is InChI=1S/C12H23N5/c1-10(8-11-4-3-6-14-11)13-7-5-12-16-15-9-17(12)2/h9-11,13-14H,3-8H2,1-2H3. The molecule has 1 saturated heterocycles. The molecule has 1 aromatic rings. The van der Waals surface area contributed by atoms with Gasteiger partial charge in [-0.25, -0.2) is 0 Å².